The third-order valence-corrected chi connectivity index (χ3v) is 4.43. The molecule has 0 saturated heterocycles. The maximum atomic E-state index is 13.0. The number of carboxylic acids is 2. The Kier molecular flexibility index (Phi) is 7.32. The summed E-state index contributed by atoms with van der Waals surface area (Å²) in [6.45, 7) is 0. The fraction of sp³-hybridized carbons (Fsp3) is 0.357. The first-order valence-corrected chi connectivity index (χ1v) is 8.97. The van der Waals surface area contributed by atoms with Gasteiger partial charge in [0.1, 0.15) is 11.9 Å². The van der Waals surface area contributed by atoms with Crippen molar-refractivity contribution in [3.63, 3.8) is 0 Å². The molecule has 0 bridgehead atoms. The van der Waals surface area contributed by atoms with E-state index in [0.717, 1.165) is 0 Å². The number of alkyl halides is 3. The van der Waals surface area contributed by atoms with Crippen LogP contribution in [0.3, 0.4) is 0 Å². The van der Waals surface area contributed by atoms with Crippen molar-refractivity contribution in [3.05, 3.63) is 29.6 Å². The van der Waals surface area contributed by atoms with Gasteiger partial charge in [-0.1, -0.05) is 0 Å². The number of carbonyl (C=O) groups excluding carboxylic acids is 1. The van der Waals surface area contributed by atoms with Gasteiger partial charge in [-0.3, -0.25) is 14.3 Å². The number of amides is 1. The molecule has 0 saturated carbocycles. The number of hydrogen-bond acceptors (Lipinski definition) is 5. The van der Waals surface area contributed by atoms with Crippen LogP contribution in [0.15, 0.2) is 18.2 Å². The lowest BCUT2D eigenvalue weighted by Gasteiger charge is -2.15. The zero-order valence-electron chi connectivity index (χ0n) is 13.8. The van der Waals surface area contributed by atoms with E-state index < -0.39 is 75.7 Å². The Morgan fingerprint density at radius 2 is 1.75 bits per heavy atom. The number of carbonyl (C=O) groups is 3. The number of aliphatic carboxylic acids is 2. The lowest BCUT2D eigenvalue weighted by molar-refractivity contribution is -0.147. The molecular weight excluding hydrogens is 416 g/mol. The third-order valence-electron chi connectivity index (χ3n) is 3.16. The SMILES string of the molecule is O=C(O)CC(NC(=O)CCS(=O)(=O)Nc1ccc(F)cc1C(F)(F)F)C(=O)O. The quantitative estimate of drug-likeness (QED) is 0.427. The summed E-state index contributed by atoms with van der Waals surface area (Å²) in [5, 5.41) is 19.1. The molecule has 0 aliphatic carbocycles. The molecular formula is C14H14F4N2O7S. The van der Waals surface area contributed by atoms with Crippen molar-refractivity contribution >= 4 is 33.6 Å². The molecule has 14 heteroatoms. The van der Waals surface area contributed by atoms with Gasteiger partial charge in [-0.2, -0.15) is 13.2 Å². The average molecular weight is 430 g/mol. The molecule has 1 atom stereocenters. The van der Waals surface area contributed by atoms with Gasteiger partial charge < -0.3 is 15.5 Å². The minimum absolute atomic E-state index is 0.0912. The Hall–Kier alpha value is -2.90. The third kappa shape index (κ3) is 7.38. The van der Waals surface area contributed by atoms with Crippen LogP contribution in [-0.4, -0.2) is 48.3 Å². The van der Waals surface area contributed by atoms with Gasteiger partial charge in [-0.05, 0) is 18.2 Å². The number of sulfonamides is 1. The molecule has 1 aromatic carbocycles. The van der Waals surface area contributed by atoms with E-state index in [9.17, 15) is 40.4 Å². The Labute approximate surface area is 155 Å². The number of rotatable bonds is 9. The molecule has 1 rings (SSSR count). The Morgan fingerprint density at radius 1 is 1.14 bits per heavy atom. The van der Waals surface area contributed by atoms with Crippen molar-refractivity contribution in [2.45, 2.75) is 25.1 Å². The molecule has 28 heavy (non-hydrogen) atoms. The molecule has 1 unspecified atom stereocenters. The van der Waals surface area contributed by atoms with Gasteiger partial charge in [-0.25, -0.2) is 17.6 Å². The lowest BCUT2D eigenvalue weighted by Crippen LogP contribution is -2.42. The van der Waals surface area contributed by atoms with Crippen LogP contribution in [0.25, 0.3) is 0 Å². The van der Waals surface area contributed by atoms with Crippen LogP contribution in [-0.2, 0) is 30.6 Å². The van der Waals surface area contributed by atoms with Crippen LogP contribution in [0.5, 0.6) is 0 Å². The summed E-state index contributed by atoms with van der Waals surface area (Å²) in [4.78, 5) is 33.0. The highest BCUT2D eigenvalue weighted by atomic mass is 32.2. The monoisotopic (exact) mass is 430 g/mol. The molecule has 0 heterocycles. The molecule has 0 radical (unpaired) electrons. The zero-order chi connectivity index (χ0) is 21.7. The Balaban J connectivity index is 2.82. The summed E-state index contributed by atoms with van der Waals surface area (Å²) in [6, 6.07) is -0.560. The fourth-order valence-corrected chi connectivity index (χ4v) is 3.00. The van der Waals surface area contributed by atoms with Crippen LogP contribution in [0.2, 0.25) is 0 Å². The van der Waals surface area contributed by atoms with Gasteiger partial charge in [-0.15, -0.1) is 0 Å². The number of benzene rings is 1. The Bertz CT molecular complexity index is 871. The first-order valence-electron chi connectivity index (χ1n) is 7.32. The highest BCUT2D eigenvalue weighted by molar-refractivity contribution is 7.92. The van der Waals surface area contributed by atoms with Crippen LogP contribution >= 0.6 is 0 Å². The van der Waals surface area contributed by atoms with Crippen molar-refractivity contribution in [1.29, 1.82) is 0 Å². The maximum absolute atomic E-state index is 13.0. The van der Waals surface area contributed by atoms with Gasteiger partial charge in [0.2, 0.25) is 15.9 Å². The largest absolute Gasteiger partial charge is 0.481 e. The van der Waals surface area contributed by atoms with Gasteiger partial charge in [0.25, 0.3) is 0 Å². The van der Waals surface area contributed by atoms with E-state index in [-0.39, 0.29) is 6.07 Å². The lowest BCUT2D eigenvalue weighted by atomic mass is 10.2. The molecule has 156 valence electrons. The van der Waals surface area contributed by atoms with Gasteiger partial charge >= 0.3 is 18.1 Å². The van der Waals surface area contributed by atoms with Crippen LogP contribution < -0.4 is 10.0 Å². The summed E-state index contributed by atoms with van der Waals surface area (Å²) in [7, 11) is -4.50. The highest BCUT2D eigenvalue weighted by Crippen LogP contribution is 2.35. The van der Waals surface area contributed by atoms with Crippen molar-refractivity contribution in [1.82, 2.24) is 5.32 Å². The van der Waals surface area contributed by atoms with Crippen LogP contribution in [0.4, 0.5) is 23.2 Å². The number of halogens is 4. The van der Waals surface area contributed by atoms with Gasteiger partial charge in [0.15, 0.2) is 0 Å². The number of carboxylic acid groups (broad SMARTS) is 2. The van der Waals surface area contributed by atoms with E-state index in [1.54, 1.807) is 10.0 Å². The molecule has 0 fully saturated rings. The molecule has 4 N–H and O–H groups in total. The minimum atomic E-state index is -5.05. The zero-order valence-corrected chi connectivity index (χ0v) is 14.6. The van der Waals surface area contributed by atoms with Gasteiger partial charge in [0, 0.05) is 6.42 Å². The van der Waals surface area contributed by atoms with E-state index in [0.29, 0.717) is 12.1 Å². The van der Waals surface area contributed by atoms with E-state index in [2.05, 4.69) is 0 Å². The predicted molar refractivity (Wildman–Crippen MR) is 85.2 cm³/mol. The molecule has 0 aromatic heterocycles. The molecule has 0 aliphatic heterocycles. The summed E-state index contributed by atoms with van der Waals surface area (Å²) in [5.74, 6) is -6.62. The fourth-order valence-electron chi connectivity index (χ4n) is 1.93. The number of nitrogens with one attached hydrogen (secondary N) is 2. The number of hydrogen-bond donors (Lipinski definition) is 4. The van der Waals surface area contributed by atoms with Crippen LogP contribution in [0.1, 0.15) is 18.4 Å². The van der Waals surface area contributed by atoms with E-state index in [1.165, 1.54) is 0 Å². The van der Waals surface area contributed by atoms with E-state index in [1.807, 2.05) is 0 Å². The predicted octanol–water partition coefficient (Wildman–Crippen LogP) is 1.02. The standard InChI is InChI=1S/C14H14F4N2O7S/c15-7-1-2-9(8(5-7)14(16,17)18)20-28(26,27)4-3-11(21)19-10(13(24)25)6-12(22)23/h1-2,5,10,20H,3-4,6H2,(H,19,21)(H,22,23)(H,24,25). The van der Waals surface area contributed by atoms with E-state index in [4.69, 9.17) is 10.2 Å². The van der Waals surface area contributed by atoms with Crippen LogP contribution in [0, 0.1) is 5.82 Å². The first kappa shape index (κ1) is 23.1. The topological polar surface area (TPSA) is 150 Å². The van der Waals surface area contributed by atoms with Crippen molar-refractivity contribution in [3.8, 4) is 0 Å². The summed E-state index contributed by atoms with van der Waals surface area (Å²) in [5.41, 5.74) is -2.53. The van der Waals surface area contributed by atoms with Gasteiger partial charge in [0.05, 0.1) is 23.4 Å². The molecule has 0 aliphatic rings. The number of anilines is 1. The normalized spacial score (nSPS) is 12.9. The summed E-state index contributed by atoms with van der Waals surface area (Å²) < 4.78 is 77.0. The first-order chi connectivity index (χ1) is 12.7. The molecule has 1 aromatic rings. The summed E-state index contributed by atoms with van der Waals surface area (Å²) in [6.07, 6.45) is -6.87. The molecule has 1 amide bonds. The Morgan fingerprint density at radius 3 is 2.25 bits per heavy atom. The summed E-state index contributed by atoms with van der Waals surface area (Å²) >= 11 is 0. The van der Waals surface area contributed by atoms with Crippen molar-refractivity contribution in [2.24, 2.45) is 0 Å². The molecule has 9 nitrogen and oxygen atoms in total. The smallest absolute Gasteiger partial charge is 0.418 e. The second-order valence-electron chi connectivity index (χ2n) is 5.41. The van der Waals surface area contributed by atoms with E-state index >= 15 is 0 Å². The highest BCUT2D eigenvalue weighted by Gasteiger charge is 2.35. The second kappa shape index (κ2) is 8.86. The minimum Gasteiger partial charge on any atom is -0.481 e. The maximum Gasteiger partial charge on any atom is 0.418 e. The molecule has 0 spiro atoms. The van der Waals surface area contributed by atoms with Crippen molar-refractivity contribution < 1.29 is 50.6 Å². The second-order valence-corrected chi connectivity index (χ2v) is 7.26. The van der Waals surface area contributed by atoms with Crippen molar-refractivity contribution in [2.75, 3.05) is 10.5 Å². The average Bonchev–Trinajstić information content (AvgIpc) is 2.52.